The molecular formula is C33H40FN5O4. The Hall–Kier alpha value is -3.76. The lowest BCUT2D eigenvalue weighted by molar-refractivity contribution is -0.152. The van der Waals surface area contributed by atoms with Crippen LogP contribution in [0.4, 0.5) is 10.1 Å². The molecule has 1 aliphatic heterocycles. The van der Waals surface area contributed by atoms with Gasteiger partial charge in [0, 0.05) is 34.8 Å². The molecular weight excluding hydrogens is 549 g/mol. The van der Waals surface area contributed by atoms with Gasteiger partial charge in [0.2, 0.25) is 5.91 Å². The Bertz CT molecular complexity index is 1570. The number of benzene rings is 2. The summed E-state index contributed by atoms with van der Waals surface area (Å²) in [4.78, 5) is 38.2. The lowest BCUT2D eigenvalue weighted by Crippen LogP contribution is -2.37. The minimum absolute atomic E-state index is 0.000519. The summed E-state index contributed by atoms with van der Waals surface area (Å²) in [6.45, 7) is 0.573. The molecule has 228 valence electrons. The van der Waals surface area contributed by atoms with Crippen molar-refractivity contribution in [2.75, 3.05) is 11.9 Å². The second-order valence-corrected chi connectivity index (χ2v) is 12.6. The number of hydrogen-bond acceptors (Lipinski definition) is 7. The summed E-state index contributed by atoms with van der Waals surface area (Å²) in [5.41, 5.74) is 21.5. The highest BCUT2D eigenvalue weighted by Gasteiger charge is 2.49. The van der Waals surface area contributed by atoms with Gasteiger partial charge < -0.3 is 27.3 Å². The number of esters is 1. The van der Waals surface area contributed by atoms with Crippen LogP contribution in [0.15, 0.2) is 36.4 Å². The van der Waals surface area contributed by atoms with Gasteiger partial charge in [-0.1, -0.05) is 12.5 Å². The van der Waals surface area contributed by atoms with Gasteiger partial charge in [0.05, 0.1) is 11.1 Å². The molecule has 10 heteroatoms. The number of aromatic nitrogens is 1. The molecule has 43 heavy (non-hydrogen) atoms. The van der Waals surface area contributed by atoms with Crippen molar-refractivity contribution in [2.24, 2.45) is 22.6 Å². The Morgan fingerprint density at radius 1 is 1.07 bits per heavy atom. The van der Waals surface area contributed by atoms with Crippen LogP contribution in [-0.4, -0.2) is 47.1 Å². The second-order valence-electron chi connectivity index (χ2n) is 12.6. The molecule has 9 nitrogen and oxygen atoms in total. The third kappa shape index (κ3) is 5.90. The Morgan fingerprint density at radius 3 is 2.53 bits per heavy atom. The zero-order valence-electron chi connectivity index (χ0n) is 24.4. The summed E-state index contributed by atoms with van der Waals surface area (Å²) in [5, 5.41) is 4.34. The number of carbonyl (C=O) groups is 3. The summed E-state index contributed by atoms with van der Waals surface area (Å²) in [6, 6.07) is 9.49. The fourth-order valence-electron chi connectivity index (χ4n) is 6.89. The van der Waals surface area contributed by atoms with E-state index in [2.05, 4.69) is 5.32 Å². The molecule has 6 rings (SSSR count). The van der Waals surface area contributed by atoms with E-state index in [4.69, 9.17) is 21.9 Å². The Kier molecular flexibility index (Phi) is 8.00. The smallest absolute Gasteiger partial charge is 0.323 e. The van der Waals surface area contributed by atoms with Crippen LogP contribution >= 0.6 is 0 Å². The van der Waals surface area contributed by atoms with E-state index in [1.165, 1.54) is 12.1 Å². The monoisotopic (exact) mass is 589 g/mol. The summed E-state index contributed by atoms with van der Waals surface area (Å²) in [6.07, 6.45) is 8.08. The molecule has 1 spiro atoms. The SMILES string of the molecule is NCCCC[C@H](N)C(=O)OC1CCC(Nc2cc(-c3c4n(c5cc(F)ccc35)C(=O)CC3(CC3)C4)ccc2C(N)=O)CC1. The molecule has 0 unspecified atom stereocenters. The third-order valence-corrected chi connectivity index (χ3v) is 9.47. The van der Waals surface area contributed by atoms with Crippen molar-refractivity contribution in [2.45, 2.75) is 88.8 Å². The van der Waals surface area contributed by atoms with Crippen molar-refractivity contribution in [1.82, 2.24) is 4.57 Å². The van der Waals surface area contributed by atoms with Gasteiger partial charge in [0.25, 0.3) is 5.91 Å². The van der Waals surface area contributed by atoms with E-state index in [0.717, 1.165) is 67.2 Å². The van der Waals surface area contributed by atoms with Gasteiger partial charge in [-0.15, -0.1) is 0 Å². The van der Waals surface area contributed by atoms with Crippen LogP contribution in [0.1, 0.15) is 85.1 Å². The summed E-state index contributed by atoms with van der Waals surface area (Å²) >= 11 is 0. The number of unbranched alkanes of at least 4 members (excludes halogenated alkanes) is 1. The molecule has 2 aliphatic carbocycles. The number of rotatable bonds is 10. The number of amides is 1. The first-order valence-corrected chi connectivity index (χ1v) is 15.4. The van der Waals surface area contributed by atoms with Gasteiger partial charge in [-0.05, 0) is 106 Å². The summed E-state index contributed by atoms with van der Waals surface area (Å²) < 4.78 is 21.7. The first-order valence-electron chi connectivity index (χ1n) is 15.4. The normalized spacial score (nSPS) is 21.4. The molecule has 0 radical (unpaired) electrons. The average Bonchev–Trinajstić information content (AvgIpc) is 3.63. The van der Waals surface area contributed by atoms with E-state index >= 15 is 0 Å². The van der Waals surface area contributed by atoms with E-state index in [0.29, 0.717) is 49.0 Å². The van der Waals surface area contributed by atoms with Crippen molar-refractivity contribution in [3.05, 3.63) is 53.5 Å². The van der Waals surface area contributed by atoms with Gasteiger partial charge in [-0.2, -0.15) is 0 Å². The maximum atomic E-state index is 14.4. The predicted molar refractivity (Wildman–Crippen MR) is 163 cm³/mol. The van der Waals surface area contributed by atoms with Crippen LogP contribution < -0.4 is 22.5 Å². The van der Waals surface area contributed by atoms with Crippen LogP contribution in [0.3, 0.4) is 0 Å². The van der Waals surface area contributed by atoms with Crippen LogP contribution in [0, 0.1) is 11.2 Å². The van der Waals surface area contributed by atoms with Crippen LogP contribution in [0.2, 0.25) is 0 Å². The molecule has 2 heterocycles. The van der Waals surface area contributed by atoms with Crippen molar-refractivity contribution in [1.29, 1.82) is 0 Å². The summed E-state index contributed by atoms with van der Waals surface area (Å²) in [5.74, 6) is -1.30. The van der Waals surface area contributed by atoms with Crippen LogP contribution in [-0.2, 0) is 16.0 Å². The Morgan fingerprint density at radius 2 is 1.84 bits per heavy atom. The maximum Gasteiger partial charge on any atom is 0.323 e. The summed E-state index contributed by atoms with van der Waals surface area (Å²) in [7, 11) is 0. The van der Waals surface area contributed by atoms with E-state index in [9.17, 15) is 18.8 Å². The molecule has 1 amide bonds. The van der Waals surface area contributed by atoms with Gasteiger partial charge >= 0.3 is 5.97 Å². The standard InChI is InChI=1S/C33H40FN5O4/c34-20-5-11-24-27(16-20)39-28(17-33(12-13-33)18-29(39)40)30(24)19-4-10-23(31(37)41)26(15-19)38-21-6-8-22(9-7-21)43-32(42)25(36)3-1-2-14-35/h4-5,10-11,15-16,21-22,25,38H,1-3,6-9,12-14,17-18,35-36H2,(H2,37,41)/t21?,22?,25-/m0/s1. The van der Waals surface area contributed by atoms with E-state index < -0.39 is 11.9 Å². The maximum absolute atomic E-state index is 14.4. The Balaban J connectivity index is 1.23. The van der Waals surface area contributed by atoms with Crippen molar-refractivity contribution >= 4 is 34.4 Å². The number of nitrogens with two attached hydrogens (primary N) is 3. The van der Waals surface area contributed by atoms with Crippen molar-refractivity contribution < 1.29 is 23.5 Å². The fraction of sp³-hybridized carbons (Fsp3) is 0.485. The number of fused-ring (bicyclic) bond motifs is 3. The van der Waals surface area contributed by atoms with Gasteiger partial charge in [0.1, 0.15) is 18.0 Å². The largest absolute Gasteiger partial charge is 0.461 e. The quantitative estimate of drug-likeness (QED) is 0.198. The molecule has 2 fully saturated rings. The minimum Gasteiger partial charge on any atom is -0.461 e. The lowest BCUT2D eigenvalue weighted by Gasteiger charge is -2.30. The van der Waals surface area contributed by atoms with E-state index in [1.807, 2.05) is 12.1 Å². The Labute approximate surface area is 250 Å². The lowest BCUT2D eigenvalue weighted by atomic mass is 9.88. The van der Waals surface area contributed by atoms with Crippen molar-refractivity contribution in [3.63, 3.8) is 0 Å². The fourth-order valence-corrected chi connectivity index (χ4v) is 6.89. The van der Waals surface area contributed by atoms with Gasteiger partial charge in [0.15, 0.2) is 0 Å². The molecule has 1 aromatic heterocycles. The average molecular weight is 590 g/mol. The molecule has 7 N–H and O–H groups in total. The molecule has 0 saturated heterocycles. The zero-order chi connectivity index (χ0) is 30.3. The molecule has 0 bridgehead atoms. The first-order chi connectivity index (χ1) is 20.7. The van der Waals surface area contributed by atoms with Crippen molar-refractivity contribution in [3.8, 4) is 11.1 Å². The van der Waals surface area contributed by atoms with Crippen LogP contribution in [0.5, 0.6) is 0 Å². The molecule has 1 atom stereocenters. The number of primary amides is 1. The molecule has 3 aliphatic rings. The molecule has 2 saturated carbocycles. The zero-order valence-corrected chi connectivity index (χ0v) is 24.4. The minimum atomic E-state index is -0.638. The predicted octanol–water partition coefficient (Wildman–Crippen LogP) is 4.64. The number of halogens is 1. The number of hydrogen-bond donors (Lipinski definition) is 4. The van der Waals surface area contributed by atoms with Crippen LogP contribution in [0.25, 0.3) is 22.0 Å². The highest BCUT2D eigenvalue weighted by molar-refractivity contribution is 6.06. The molecule has 2 aromatic carbocycles. The second kappa shape index (κ2) is 11.7. The molecule has 3 aromatic rings. The highest BCUT2D eigenvalue weighted by Crippen LogP contribution is 2.56. The van der Waals surface area contributed by atoms with E-state index in [-0.39, 0.29) is 35.3 Å². The number of carbonyl (C=O) groups excluding carboxylic acids is 3. The van der Waals surface area contributed by atoms with Gasteiger partial charge in [-0.25, -0.2) is 4.39 Å². The first kappa shape index (κ1) is 29.3. The van der Waals surface area contributed by atoms with Gasteiger partial charge in [-0.3, -0.25) is 19.0 Å². The number of nitrogens with zero attached hydrogens (tertiary/aromatic N) is 1. The number of anilines is 1. The third-order valence-electron chi connectivity index (χ3n) is 9.47. The number of ether oxygens (including phenoxy) is 1. The number of nitrogens with one attached hydrogen (secondary N) is 1. The van der Waals surface area contributed by atoms with E-state index in [1.54, 1.807) is 16.7 Å². The highest BCUT2D eigenvalue weighted by atomic mass is 19.1. The topological polar surface area (TPSA) is 155 Å².